The van der Waals surface area contributed by atoms with Crippen LogP contribution >= 0.6 is 0 Å². The molecule has 54 heavy (non-hydrogen) atoms. The van der Waals surface area contributed by atoms with Crippen LogP contribution in [0.4, 0.5) is 0 Å². The molecule has 2 amide bonds. The largest absolute Gasteiger partial charge is 0.484 e. The molecule has 0 aliphatic heterocycles. The smallest absolute Gasteiger partial charge is 0.258 e. The van der Waals surface area contributed by atoms with Crippen LogP contribution in [0.2, 0.25) is 0 Å². The normalized spacial score (nSPS) is 12.4. The number of nitrogens with one attached hydrogen (secondary N) is 1. The zero-order chi connectivity index (χ0) is 37.0. The minimum Gasteiger partial charge on any atom is -0.484 e. The lowest BCUT2D eigenvalue weighted by atomic mass is 9.98. The Morgan fingerprint density at radius 1 is 0.704 bits per heavy atom. The molecule has 0 aliphatic carbocycles. The molecule has 0 bridgehead atoms. The van der Waals surface area contributed by atoms with E-state index >= 15 is 0 Å². The van der Waals surface area contributed by atoms with Crippen molar-refractivity contribution in [3.63, 3.8) is 0 Å². The lowest BCUT2D eigenvalue weighted by molar-refractivity contribution is -0.124. The average Bonchev–Trinajstić information content (AvgIpc) is 3.59. The second kappa shape index (κ2) is 15.0. The summed E-state index contributed by atoms with van der Waals surface area (Å²) in [5.41, 5.74) is 10.0. The van der Waals surface area contributed by atoms with Crippen molar-refractivity contribution in [2.24, 2.45) is 5.73 Å². The summed E-state index contributed by atoms with van der Waals surface area (Å²) in [6, 6.07) is 51.0. The van der Waals surface area contributed by atoms with E-state index < -0.39 is 11.9 Å². The number of rotatable bonds is 12. The Bertz CT molecular complexity index is 2630. The number of nitrogens with two attached hydrogens (primary N) is 1. The molecule has 1 heterocycles. The Kier molecular flexibility index (Phi) is 9.47. The van der Waals surface area contributed by atoms with Crippen molar-refractivity contribution < 1.29 is 19.1 Å². The number of primary amides is 1. The quantitative estimate of drug-likeness (QED) is 0.131. The van der Waals surface area contributed by atoms with Crippen molar-refractivity contribution in [2.45, 2.75) is 25.4 Å². The average molecular weight is 711 g/mol. The van der Waals surface area contributed by atoms with Crippen molar-refractivity contribution in [1.29, 1.82) is 0 Å². The van der Waals surface area contributed by atoms with E-state index in [2.05, 4.69) is 53.2 Å². The number of imidazole rings is 1. The molecular weight excluding hydrogens is 673 g/mol. The molecule has 0 aliphatic rings. The number of carbonyl (C=O) groups excluding carboxylic acids is 2. The highest BCUT2D eigenvalue weighted by molar-refractivity contribution is 5.88. The standard InChI is InChI=1S/C46H38N4O4/c1-30(39-20-10-14-32-12-7-8-19-40(32)39)50-43-24-22-34(27-42(43)49-46(50)35-15-9-18-38(26-35)54-36-16-3-2-4-17-36)41(28-44(47)51)48-45(52)29-53-37-23-21-31-11-5-6-13-33(31)25-37/h2-27,30,41H,28-29H2,1H3,(H2,47,51)(H,48,52). The molecule has 2 atom stereocenters. The summed E-state index contributed by atoms with van der Waals surface area (Å²) in [6.07, 6.45) is -0.0912. The molecule has 266 valence electrons. The van der Waals surface area contributed by atoms with Crippen LogP contribution in [0, 0.1) is 0 Å². The summed E-state index contributed by atoms with van der Waals surface area (Å²) in [5, 5.41) is 7.38. The van der Waals surface area contributed by atoms with Gasteiger partial charge in [0.05, 0.1) is 29.5 Å². The van der Waals surface area contributed by atoms with E-state index in [0.29, 0.717) is 22.6 Å². The van der Waals surface area contributed by atoms with Crippen LogP contribution in [-0.2, 0) is 9.59 Å². The first-order chi connectivity index (χ1) is 26.4. The van der Waals surface area contributed by atoms with E-state index in [1.54, 1.807) is 0 Å². The van der Waals surface area contributed by atoms with E-state index in [9.17, 15) is 9.59 Å². The molecule has 0 saturated carbocycles. The maximum atomic E-state index is 13.2. The third kappa shape index (κ3) is 7.22. The van der Waals surface area contributed by atoms with Crippen LogP contribution in [-0.4, -0.2) is 28.0 Å². The van der Waals surface area contributed by atoms with E-state index in [4.69, 9.17) is 20.2 Å². The number of fused-ring (bicyclic) bond motifs is 3. The van der Waals surface area contributed by atoms with Gasteiger partial charge in [-0.25, -0.2) is 4.98 Å². The van der Waals surface area contributed by atoms with Gasteiger partial charge in [-0.05, 0) is 88.1 Å². The third-order valence-corrected chi connectivity index (χ3v) is 9.68. The van der Waals surface area contributed by atoms with Crippen molar-refractivity contribution in [3.05, 3.63) is 169 Å². The number of ether oxygens (including phenoxy) is 2. The molecular formula is C46H38N4O4. The molecule has 8 nitrogen and oxygen atoms in total. The van der Waals surface area contributed by atoms with Gasteiger partial charge >= 0.3 is 0 Å². The van der Waals surface area contributed by atoms with Crippen molar-refractivity contribution in [2.75, 3.05) is 6.61 Å². The van der Waals surface area contributed by atoms with E-state index in [0.717, 1.165) is 49.8 Å². The predicted octanol–water partition coefficient (Wildman–Crippen LogP) is 9.52. The molecule has 0 radical (unpaired) electrons. The Labute approximate surface area is 312 Å². The van der Waals surface area contributed by atoms with Crippen molar-refractivity contribution in [3.8, 4) is 28.6 Å². The molecule has 3 N–H and O–H groups in total. The van der Waals surface area contributed by atoms with Crippen molar-refractivity contribution >= 4 is 44.4 Å². The van der Waals surface area contributed by atoms with E-state index in [-0.39, 0.29) is 25.0 Å². The number of aromatic nitrogens is 2. The fraction of sp³-hybridized carbons (Fsp3) is 0.109. The molecule has 1 aromatic heterocycles. The monoisotopic (exact) mass is 710 g/mol. The van der Waals surface area contributed by atoms with Crippen molar-refractivity contribution in [1.82, 2.24) is 14.9 Å². The van der Waals surface area contributed by atoms with Gasteiger partial charge in [-0.3, -0.25) is 9.59 Å². The highest BCUT2D eigenvalue weighted by atomic mass is 16.5. The van der Waals surface area contributed by atoms with Gasteiger partial charge in [-0.2, -0.15) is 0 Å². The second-order valence-corrected chi connectivity index (χ2v) is 13.3. The summed E-state index contributed by atoms with van der Waals surface area (Å²) in [7, 11) is 0. The predicted molar refractivity (Wildman–Crippen MR) is 214 cm³/mol. The van der Waals surface area contributed by atoms with Crippen LogP contribution in [0.1, 0.15) is 36.6 Å². The van der Waals surface area contributed by atoms with Gasteiger partial charge in [0.15, 0.2) is 6.61 Å². The fourth-order valence-corrected chi connectivity index (χ4v) is 7.10. The molecule has 7 aromatic carbocycles. The second-order valence-electron chi connectivity index (χ2n) is 13.3. The maximum Gasteiger partial charge on any atom is 0.258 e. The fourth-order valence-electron chi connectivity index (χ4n) is 7.10. The highest BCUT2D eigenvalue weighted by Gasteiger charge is 2.24. The van der Waals surface area contributed by atoms with Gasteiger partial charge in [0.1, 0.15) is 23.1 Å². The Balaban J connectivity index is 1.15. The molecule has 8 rings (SSSR count). The molecule has 8 heteroatoms. The molecule has 0 spiro atoms. The van der Waals surface area contributed by atoms with E-state index in [1.807, 2.05) is 121 Å². The Hall–Kier alpha value is -6.93. The molecule has 2 unspecified atom stereocenters. The summed E-state index contributed by atoms with van der Waals surface area (Å²) in [4.78, 5) is 30.8. The SMILES string of the molecule is CC(c1cccc2ccccc12)n1c(-c2cccc(Oc3ccccc3)c2)nc2cc(C(CC(N)=O)NC(=O)COc3ccc4ccccc4c3)ccc21. The summed E-state index contributed by atoms with van der Waals surface area (Å²) in [5.74, 6) is 1.84. The number of carbonyl (C=O) groups is 2. The number of benzene rings is 7. The maximum absolute atomic E-state index is 13.2. The zero-order valence-electron chi connectivity index (χ0n) is 29.7. The first-order valence-corrected chi connectivity index (χ1v) is 17.9. The lowest BCUT2D eigenvalue weighted by Crippen LogP contribution is -2.35. The minimum absolute atomic E-state index is 0.0912. The number of hydrogen-bond donors (Lipinski definition) is 2. The topological polar surface area (TPSA) is 108 Å². The van der Waals surface area contributed by atoms with E-state index in [1.165, 1.54) is 0 Å². The number of nitrogens with zero attached hydrogens (tertiary/aromatic N) is 2. The summed E-state index contributed by atoms with van der Waals surface area (Å²) >= 11 is 0. The Morgan fingerprint density at radius 3 is 2.26 bits per heavy atom. The highest BCUT2D eigenvalue weighted by Crippen LogP contribution is 2.37. The summed E-state index contributed by atoms with van der Waals surface area (Å²) in [6.45, 7) is 1.95. The molecule has 8 aromatic rings. The van der Waals surface area contributed by atoms with Crippen LogP contribution in [0.3, 0.4) is 0 Å². The first kappa shape index (κ1) is 34.2. The number of hydrogen-bond acceptors (Lipinski definition) is 5. The first-order valence-electron chi connectivity index (χ1n) is 17.9. The van der Waals surface area contributed by atoms with Gasteiger partial charge < -0.3 is 25.1 Å². The van der Waals surface area contributed by atoms with Crippen LogP contribution in [0.25, 0.3) is 44.0 Å². The van der Waals surface area contributed by atoms with Crippen LogP contribution < -0.4 is 20.5 Å². The molecule has 0 saturated heterocycles. The van der Waals surface area contributed by atoms with Gasteiger partial charge in [0, 0.05) is 5.56 Å². The minimum atomic E-state index is -0.689. The van der Waals surface area contributed by atoms with Crippen LogP contribution in [0.5, 0.6) is 17.2 Å². The zero-order valence-corrected chi connectivity index (χ0v) is 29.7. The Morgan fingerprint density at radius 2 is 1.43 bits per heavy atom. The third-order valence-electron chi connectivity index (χ3n) is 9.68. The van der Waals surface area contributed by atoms with Gasteiger partial charge in [-0.1, -0.05) is 109 Å². The summed E-state index contributed by atoms with van der Waals surface area (Å²) < 4.78 is 14.3. The lowest BCUT2D eigenvalue weighted by Gasteiger charge is -2.21. The number of amides is 2. The van der Waals surface area contributed by atoms with Gasteiger partial charge in [0.2, 0.25) is 5.91 Å². The van der Waals surface area contributed by atoms with Gasteiger partial charge in [-0.15, -0.1) is 0 Å². The number of para-hydroxylation sites is 1. The van der Waals surface area contributed by atoms with Gasteiger partial charge in [0.25, 0.3) is 5.91 Å². The molecule has 0 fully saturated rings. The van der Waals surface area contributed by atoms with Crippen LogP contribution in [0.15, 0.2) is 158 Å².